The first-order valence-corrected chi connectivity index (χ1v) is 5.30. The van der Waals surface area contributed by atoms with Crippen molar-refractivity contribution in [3.05, 3.63) is 29.8 Å². The molecule has 0 aliphatic carbocycles. The van der Waals surface area contributed by atoms with E-state index in [2.05, 4.69) is 0 Å². The molecule has 1 aliphatic heterocycles. The Hall–Kier alpha value is -0.833. The molecule has 2 atom stereocenters. The summed E-state index contributed by atoms with van der Waals surface area (Å²) in [5.41, 5.74) is 1.51. The van der Waals surface area contributed by atoms with Crippen molar-refractivity contribution in [1.82, 2.24) is 0 Å². The van der Waals surface area contributed by atoms with Crippen molar-refractivity contribution in [2.45, 2.75) is 19.1 Å². The molecule has 6 heteroatoms. The van der Waals surface area contributed by atoms with Crippen LogP contribution in [-0.2, 0) is 0 Å². The molecule has 0 bridgehead atoms. The number of β-amino-alcohol motifs (C(OH)–C–C–N with tert-alkyl or cyclic N) is 2. The van der Waals surface area contributed by atoms with E-state index in [1.165, 1.54) is 6.92 Å². The molecule has 5 nitrogen and oxygen atoms in total. The number of rotatable bonds is 2. The van der Waals surface area contributed by atoms with E-state index >= 15 is 0 Å². The number of aliphatic hydroxyl groups excluding tert-OH is 2. The van der Waals surface area contributed by atoms with Crippen LogP contribution in [0.3, 0.4) is 0 Å². The third kappa shape index (κ3) is 3.58. The Morgan fingerprint density at radius 3 is 2.33 bits per heavy atom. The summed E-state index contributed by atoms with van der Waals surface area (Å²) in [5.74, 6) is 0.0159. The largest absolute Gasteiger partial charge is 1.00 e. The quantitative estimate of drug-likeness (QED) is 0.435. The van der Waals surface area contributed by atoms with Crippen LogP contribution < -0.4 is 23.8 Å². The summed E-state index contributed by atoms with van der Waals surface area (Å²) in [6, 6.07) is 7.22. The predicted octanol–water partition coefficient (Wildman–Crippen LogP) is -2.74. The van der Waals surface area contributed by atoms with Gasteiger partial charge in [-0.2, -0.15) is 0 Å². The zero-order valence-electron chi connectivity index (χ0n) is 10.6. The van der Waals surface area contributed by atoms with Crippen LogP contribution in [0, 0.1) is 0 Å². The van der Waals surface area contributed by atoms with Gasteiger partial charge in [0.05, 0.1) is 12.2 Å². The molecule has 0 radical (unpaired) electrons. The summed E-state index contributed by atoms with van der Waals surface area (Å²) in [4.78, 5) is 13.1. The molecule has 2 unspecified atom stereocenters. The van der Waals surface area contributed by atoms with Gasteiger partial charge in [-0.15, -0.1) is 0 Å². The molecule has 1 saturated heterocycles. The molecule has 0 aromatic heterocycles. The smallest absolute Gasteiger partial charge is 0.870 e. The van der Waals surface area contributed by atoms with E-state index in [4.69, 9.17) is 0 Å². The van der Waals surface area contributed by atoms with E-state index < -0.39 is 12.2 Å². The van der Waals surface area contributed by atoms with Gasteiger partial charge < -0.3 is 20.6 Å². The molecule has 1 heterocycles. The zero-order valence-corrected chi connectivity index (χ0v) is 10.6. The molecule has 1 aromatic carbocycles. The second-order valence-electron chi connectivity index (χ2n) is 4.15. The van der Waals surface area contributed by atoms with Gasteiger partial charge >= 0.3 is 18.9 Å². The fourth-order valence-corrected chi connectivity index (χ4v) is 1.90. The molecule has 0 saturated carbocycles. The molecular weight excluding hydrogens is 229 g/mol. The van der Waals surface area contributed by atoms with Crippen LogP contribution >= 0.6 is 0 Å². The minimum Gasteiger partial charge on any atom is -0.870 e. The van der Waals surface area contributed by atoms with Crippen LogP contribution in [0.2, 0.25) is 0 Å². The minimum absolute atomic E-state index is 0. The molecule has 0 spiro atoms. The van der Waals surface area contributed by atoms with Gasteiger partial charge in [0.1, 0.15) is 0 Å². The number of nitrogens with zero attached hydrogens (tertiary/aromatic N) is 1. The maximum Gasteiger partial charge on any atom is 1.00 e. The second-order valence-corrected chi connectivity index (χ2v) is 4.15. The van der Waals surface area contributed by atoms with Crippen LogP contribution in [0.15, 0.2) is 24.3 Å². The van der Waals surface area contributed by atoms with Gasteiger partial charge in [0, 0.05) is 24.3 Å². The average molecular weight is 245 g/mol. The zero-order chi connectivity index (χ0) is 11.7. The van der Waals surface area contributed by atoms with Crippen molar-refractivity contribution in [3.63, 3.8) is 0 Å². The Bertz CT molecular complexity index is 403. The van der Waals surface area contributed by atoms with Crippen LogP contribution in [-0.4, -0.2) is 46.8 Å². The summed E-state index contributed by atoms with van der Waals surface area (Å²) in [6.45, 7) is 2.33. The van der Waals surface area contributed by atoms with Crippen molar-refractivity contribution in [1.29, 1.82) is 0 Å². The monoisotopic (exact) mass is 245 g/mol. The Kier molecular flexibility index (Phi) is 6.61. The van der Waals surface area contributed by atoms with Crippen LogP contribution in [0.1, 0.15) is 17.3 Å². The second kappa shape index (κ2) is 6.93. The maximum atomic E-state index is 11.2. The molecule has 2 rings (SSSR count). The fourth-order valence-electron chi connectivity index (χ4n) is 1.90. The Balaban J connectivity index is 0.00000144. The number of ketones is 1. The van der Waals surface area contributed by atoms with Gasteiger partial charge in [-0.3, -0.25) is 4.79 Å². The number of carbonyl (C=O) groups is 1. The Morgan fingerprint density at radius 1 is 1.28 bits per heavy atom. The molecular formula is C12H16LiNO4. The fraction of sp³-hybridized carbons (Fsp3) is 0.417. The van der Waals surface area contributed by atoms with Gasteiger partial charge in [-0.05, 0) is 19.1 Å². The molecule has 3 N–H and O–H groups in total. The van der Waals surface area contributed by atoms with Gasteiger partial charge in [0.25, 0.3) is 0 Å². The number of anilines is 1. The number of benzene rings is 1. The van der Waals surface area contributed by atoms with Crippen molar-refractivity contribution in [2.24, 2.45) is 0 Å². The van der Waals surface area contributed by atoms with E-state index in [0.29, 0.717) is 18.7 Å². The third-order valence-electron chi connectivity index (χ3n) is 2.88. The van der Waals surface area contributed by atoms with Crippen LogP contribution in [0.25, 0.3) is 0 Å². The molecule has 1 fully saturated rings. The number of hydrogen-bond donors (Lipinski definition) is 2. The normalized spacial score (nSPS) is 22.1. The summed E-state index contributed by atoms with van der Waals surface area (Å²) in [7, 11) is 0. The third-order valence-corrected chi connectivity index (χ3v) is 2.88. The van der Waals surface area contributed by atoms with Gasteiger partial charge in [0.2, 0.25) is 0 Å². The first kappa shape index (κ1) is 17.2. The van der Waals surface area contributed by atoms with Gasteiger partial charge in [0.15, 0.2) is 5.78 Å². The topological polar surface area (TPSA) is 90.8 Å². The van der Waals surface area contributed by atoms with E-state index in [-0.39, 0.29) is 30.1 Å². The summed E-state index contributed by atoms with van der Waals surface area (Å²) in [5, 5.41) is 18.9. The number of carbonyl (C=O) groups excluding carboxylic acids is 1. The standard InChI is InChI=1S/C12H15NO3.Li.H2O/c1-8(14)9-3-2-4-10(5-9)13-6-11(15)12(16)7-13;;/h2-5,11-12,15-16H,6-7H2,1H3;;1H2/q;+1;/p-1. The number of aliphatic hydroxyl groups is 2. The average Bonchev–Trinajstić information content (AvgIpc) is 2.59. The molecule has 94 valence electrons. The van der Waals surface area contributed by atoms with Crippen LogP contribution in [0.5, 0.6) is 0 Å². The van der Waals surface area contributed by atoms with E-state index in [9.17, 15) is 15.0 Å². The number of hydrogen-bond acceptors (Lipinski definition) is 5. The SMILES string of the molecule is CC(=O)c1cccc(N2CC(O)C(O)C2)c1.[Li+].[OH-]. The van der Waals surface area contributed by atoms with Crippen molar-refractivity contribution in [3.8, 4) is 0 Å². The van der Waals surface area contributed by atoms with E-state index in [0.717, 1.165) is 5.69 Å². The van der Waals surface area contributed by atoms with E-state index in [1.54, 1.807) is 12.1 Å². The Morgan fingerprint density at radius 2 is 1.83 bits per heavy atom. The first-order chi connectivity index (χ1) is 7.58. The molecule has 0 amide bonds. The van der Waals surface area contributed by atoms with Gasteiger partial charge in [-0.1, -0.05) is 12.1 Å². The van der Waals surface area contributed by atoms with Gasteiger partial charge in [-0.25, -0.2) is 0 Å². The predicted molar refractivity (Wildman–Crippen MR) is 62.6 cm³/mol. The molecule has 1 aliphatic rings. The minimum atomic E-state index is -0.707. The summed E-state index contributed by atoms with van der Waals surface area (Å²) >= 11 is 0. The molecule has 1 aromatic rings. The first-order valence-electron chi connectivity index (χ1n) is 5.30. The van der Waals surface area contributed by atoms with Crippen molar-refractivity contribution in [2.75, 3.05) is 18.0 Å². The van der Waals surface area contributed by atoms with Crippen molar-refractivity contribution >= 4 is 11.5 Å². The van der Waals surface area contributed by atoms with Crippen molar-refractivity contribution < 1.29 is 39.3 Å². The summed E-state index contributed by atoms with van der Waals surface area (Å²) < 4.78 is 0. The maximum absolute atomic E-state index is 11.2. The van der Waals surface area contributed by atoms with Crippen LogP contribution in [0.4, 0.5) is 5.69 Å². The Labute approximate surface area is 118 Å². The summed E-state index contributed by atoms with van der Waals surface area (Å²) in [6.07, 6.45) is -1.41. The van der Waals surface area contributed by atoms with E-state index in [1.807, 2.05) is 17.0 Å². The molecule has 18 heavy (non-hydrogen) atoms. The number of Topliss-reactive ketones (excluding diaryl/α,β-unsaturated/α-hetero) is 1.